The number of carbonyl (C=O) groups excluding carboxylic acids is 1. The first-order chi connectivity index (χ1) is 8.08. The van der Waals surface area contributed by atoms with Crippen LogP contribution in [0.4, 0.5) is 17.2 Å². The van der Waals surface area contributed by atoms with Crippen molar-refractivity contribution in [2.75, 3.05) is 11.1 Å². The SMILES string of the molecule is Cc1ccc(Nc2n[nH]nc2C(N)=O)c(N)c1. The van der Waals surface area contributed by atoms with Gasteiger partial charge in [-0.25, -0.2) is 0 Å². The van der Waals surface area contributed by atoms with Crippen LogP contribution in [-0.4, -0.2) is 21.3 Å². The minimum atomic E-state index is -0.660. The van der Waals surface area contributed by atoms with Gasteiger partial charge < -0.3 is 16.8 Å². The molecule has 0 bridgehead atoms. The summed E-state index contributed by atoms with van der Waals surface area (Å²) in [6.07, 6.45) is 0. The van der Waals surface area contributed by atoms with Crippen LogP contribution in [0.5, 0.6) is 0 Å². The maximum atomic E-state index is 11.0. The number of H-pyrrole nitrogens is 1. The van der Waals surface area contributed by atoms with E-state index in [9.17, 15) is 4.79 Å². The zero-order valence-corrected chi connectivity index (χ0v) is 9.19. The van der Waals surface area contributed by atoms with Crippen molar-refractivity contribution in [3.63, 3.8) is 0 Å². The van der Waals surface area contributed by atoms with Gasteiger partial charge in [-0.1, -0.05) is 6.07 Å². The van der Waals surface area contributed by atoms with Gasteiger partial charge >= 0.3 is 0 Å². The van der Waals surface area contributed by atoms with Crippen LogP contribution in [-0.2, 0) is 0 Å². The number of primary amides is 1. The third kappa shape index (κ3) is 2.17. The fourth-order valence-electron chi connectivity index (χ4n) is 1.41. The van der Waals surface area contributed by atoms with E-state index in [2.05, 4.69) is 20.7 Å². The number of anilines is 3. The summed E-state index contributed by atoms with van der Waals surface area (Å²) >= 11 is 0. The summed E-state index contributed by atoms with van der Waals surface area (Å²) in [6, 6.07) is 5.50. The van der Waals surface area contributed by atoms with E-state index in [4.69, 9.17) is 11.5 Å². The van der Waals surface area contributed by atoms with E-state index in [0.29, 0.717) is 11.4 Å². The van der Waals surface area contributed by atoms with E-state index in [0.717, 1.165) is 5.56 Å². The van der Waals surface area contributed by atoms with E-state index in [1.54, 1.807) is 6.07 Å². The van der Waals surface area contributed by atoms with Crippen LogP contribution in [0.25, 0.3) is 0 Å². The highest BCUT2D eigenvalue weighted by Gasteiger charge is 2.13. The molecule has 0 unspecified atom stereocenters. The van der Waals surface area contributed by atoms with Crippen LogP contribution in [0.1, 0.15) is 16.1 Å². The molecular formula is C10H12N6O. The van der Waals surface area contributed by atoms with E-state index >= 15 is 0 Å². The van der Waals surface area contributed by atoms with Gasteiger partial charge in [-0.2, -0.15) is 5.21 Å². The maximum Gasteiger partial charge on any atom is 0.273 e. The number of nitrogens with two attached hydrogens (primary N) is 2. The summed E-state index contributed by atoms with van der Waals surface area (Å²) in [4.78, 5) is 11.0. The number of nitrogen functional groups attached to an aromatic ring is 1. The first-order valence-electron chi connectivity index (χ1n) is 4.91. The Labute approximate surface area is 97.2 Å². The predicted molar refractivity (Wildman–Crippen MR) is 63.8 cm³/mol. The molecule has 0 radical (unpaired) electrons. The van der Waals surface area contributed by atoms with Crippen molar-refractivity contribution >= 4 is 23.1 Å². The summed E-state index contributed by atoms with van der Waals surface area (Å²) in [7, 11) is 0. The number of aromatic amines is 1. The summed E-state index contributed by atoms with van der Waals surface area (Å²) < 4.78 is 0. The van der Waals surface area contributed by atoms with E-state index in [1.165, 1.54) is 0 Å². The molecule has 7 heteroatoms. The molecule has 1 heterocycles. The molecule has 0 saturated carbocycles. The Hall–Kier alpha value is -2.57. The highest BCUT2D eigenvalue weighted by atomic mass is 16.1. The topological polar surface area (TPSA) is 123 Å². The molecular weight excluding hydrogens is 220 g/mol. The Kier molecular flexibility index (Phi) is 2.65. The molecule has 6 N–H and O–H groups in total. The number of nitrogens with one attached hydrogen (secondary N) is 2. The maximum absolute atomic E-state index is 11.0. The van der Waals surface area contributed by atoms with Crippen molar-refractivity contribution in [3.8, 4) is 0 Å². The molecule has 0 fully saturated rings. The van der Waals surface area contributed by atoms with Gasteiger partial charge in [0, 0.05) is 0 Å². The molecule has 2 rings (SSSR count). The van der Waals surface area contributed by atoms with Gasteiger partial charge in [-0.15, -0.1) is 10.2 Å². The van der Waals surface area contributed by atoms with Crippen LogP contribution >= 0.6 is 0 Å². The Morgan fingerprint density at radius 3 is 2.82 bits per heavy atom. The zero-order valence-electron chi connectivity index (χ0n) is 9.19. The standard InChI is InChI=1S/C10H12N6O/c1-5-2-3-7(6(11)4-5)13-10-8(9(12)17)14-16-15-10/h2-4H,11H2,1H3,(H2,12,17)(H2,13,14,15,16). The third-order valence-electron chi connectivity index (χ3n) is 2.24. The molecule has 0 spiro atoms. The number of hydrogen-bond acceptors (Lipinski definition) is 5. The summed E-state index contributed by atoms with van der Waals surface area (Å²) in [6.45, 7) is 1.94. The average molecular weight is 232 g/mol. The lowest BCUT2D eigenvalue weighted by Gasteiger charge is -2.07. The number of rotatable bonds is 3. The highest BCUT2D eigenvalue weighted by molar-refractivity contribution is 5.96. The smallest absolute Gasteiger partial charge is 0.273 e. The Morgan fingerprint density at radius 2 is 2.18 bits per heavy atom. The van der Waals surface area contributed by atoms with Gasteiger partial charge in [0.1, 0.15) is 0 Å². The number of amides is 1. The molecule has 0 saturated heterocycles. The molecule has 0 aliphatic carbocycles. The fourth-order valence-corrected chi connectivity index (χ4v) is 1.41. The van der Waals surface area contributed by atoms with E-state index in [1.807, 2.05) is 19.1 Å². The molecule has 17 heavy (non-hydrogen) atoms. The van der Waals surface area contributed by atoms with Crippen LogP contribution in [0, 0.1) is 6.92 Å². The molecule has 2 aromatic rings. The lowest BCUT2D eigenvalue weighted by atomic mass is 10.2. The Bertz CT molecular complexity index is 562. The number of aryl methyl sites for hydroxylation is 1. The second kappa shape index (κ2) is 4.12. The lowest BCUT2D eigenvalue weighted by molar-refractivity contribution is 0.0996. The van der Waals surface area contributed by atoms with Crippen molar-refractivity contribution < 1.29 is 4.79 Å². The third-order valence-corrected chi connectivity index (χ3v) is 2.24. The molecule has 0 aliphatic rings. The van der Waals surface area contributed by atoms with Crippen LogP contribution < -0.4 is 16.8 Å². The molecule has 7 nitrogen and oxygen atoms in total. The molecule has 88 valence electrons. The van der Waals surface area contributed by atoms with Gasteiger partial charge in [0.25, 0.3) is 5.91 Å². The lowest BCUT2D eigenvalue weighted by Crippen LogP contribution is -2.13. The molecule has 0 atom stereocenters. The zero-order chi connectivity index (χ0) is 12.4. The van der Waals surface area contributed by atoms with Gasteiger partial charge in [0.15, 0.2) is 11.5 Å². The summed E-state index contributed by atoms with van der Waals surface area (Å²) in [5, 5.41) is 12.7. The predicted octanol–water partition coefficient (Wildman–Crippen LogP) is 0.538. The van der Waals surface area contributed by atoms with Crippen molar-refractivity contribution in [2.45, 2.75) is 6.92 Å². The second-order valence-corrected chi connectivity index (χ2v) is 3.60. The van der Waals surface area contributed by atoms with Crippen LogP contribution in [0.2, 0.25) is 0 Å². The van der Waals surface area contributed by atoms with E-state index in [-0.39, 0.29) is 11.5 Å². The first kappa shape index (κ1) is 10.9. The monoisotopic (exact) mass is 232 g/mol. The number of aromatic nitrogens is 3. The van der Waals surface area contributed by atoms with Gasteiger partial charge in [0.2, 0.25) is 0 Å². The molecule has 0 aliphatic heterocycles. The molecule has 1 aromatic heterocycles. The van der Waals surface area contributed by atoms with Crippen LogP contribution in [0.3, 0.4) is 0 Å². The van der Waals surface area contributed by atoms with Crippen molar-refractivity contribution in [2.24, 2.45) is 5.73 Å². The number of benzene rings is 1. The minimum absolute atomic E-state index is 0.0463. The van der Waals surface area contributed by atoms with Crippen LogP contribution in [0.15, 0.2) is 18.2 Å². The van der Waals surface area contributed by atoms with Crippen molar-refractivity contribution in [1.82, 2.24) is 15.4 Å². The molecule has 1 aromatic carbocycles. The van der Waals surface area contributed by atoms with Crippen molar-refractivity contribution in [3.05, 3.63) is 29.5 Å². The number of carbonyl (C=O) groups is 1. The van der Waals surface area contributed by atoms with E-state index < -0.39 is 5.91 Å². The average Bonchev–Trinajstić information content (AvgIpc) is 2.70. The second-order valence-electron chi connectivity index (χ2n) is 3.60. The van der Waals surface area contributed by atoms with Gasteiger partial charge in [-0.3, -0.25) is 4.79 Å². The number of nitrogens with zero attached hydrogens (tertiary/aromatic N) is 2. The minimum Gasteiger partial charge on any atom is -0.397 e. The first-order valence-corrected chi connectivity index (χ1v) is 4.91. The Morgan fingerprint density at radius 1 is 1.41 bits per heavy atom. The van der Waals surface area contributed by atoms with Crippen molar-refractivity contribution in [1.29, 1.82) is 0 Å². The normalized spacial score (nSPS) is 10.2. The fraction of sp³-hybridized carbons (Fsp3) is 0.100. The Balaban J connectivity index is 2.31. The summed E-state index contributed by atoms with van der Waals surface area (Å²) in [5.74, 6) is -0.403. The van der Waals surface area contributed by atoms with Gasteiger partial charge in [0.05, 0.1) is 11.4 Å². The quantitative estimate of drug-likeness (QED) is 0.575. The summed E-state index contributed by atoms with van der Waals surface area (Å²) in [5.41, 5.74) is 13.3. The number of hydrogen-bond donors (Lipinski definition) is 4. The molecule has 1 amide bonds. The highest BCUT2D eigenvalue weighted by Crippen LogP contribution is 2.23. The largest absolute Gasteiger partial charge is 0.397 e. The van der Waals surface area contributed by atoms with Gasteiger partial charge in [-0.05, 0) is 24.6 Å².